The zero-order chi connectivity index (χ0) is 65.6. The Morgan fingerprint density at radius 1 is 0.204 bits per heavy atom. The van der Waals surface area contributed by atoms with E-state index < -0.39 is 0 Å². The predicted molar refractivity (Wildman–Crippen MR) is 397 cm³/mol. The van der Waals surface area contributed by atoms with E-state index in [1.54, 1.807) is 0 Å². The van der Waals surface area contributed by atoms with Gasteiger partial charge in [-0.1, -0.05) is 206 Å². The van der Waals surface area contributed by atoms with Gasteiger partial charge in [0.1, 0.15) is 0 Å². The Morgan fingerprint density at radius 3 is 0.765 bits per heavy atom. The third-order valence-corrected chi connectivity index (χ3v) is 18.7. The van der Waals surface area contributed by atoms with Crippen molar-refractivity contribution in [2.24, 2.45) is 0 Å². The van der Waals surface area contributed by atoms with Gasteiger partial charge in [0.05, 0.1) is 57.0 Å². The van der Waals surface area contributed by atoms with Crippen molar-refractivity contribution in [2.45, 2.75) is 0 Å². The van der Waals surface area contributed by atoms with Crippen LogP contribution in [0.4, 0.5) is 0 Å². The Bertz CT molecular complexity index is 5560. The summed E-state index contributed by atoms with van der Waals surface area (Å²) in [5.41, 5.74) is 24.4. The van der Waals surface area contributed by atoms with Crippen molar-refractivity contribution in [1.82, 2.24) is 24.1 Å². The van der Waals surface area contributed by atoms with Crippen LogP contribution in [0.3, 0.4) is 0 Å². The molecule has 454 valence electrons. The largest absolute Gasteiger partial charge is 0.309 e. The van der Waals surface area contributed by atoms with Crippen molar-refractivity contribution < 1.29 is 0 Å². The molecule has 3 aromatic heterocycles. The lowest BCUT2D eigenvalue weighted by Crippen LogP contribution is -2.03. The van der Waals surface area contributed by atoms with E-state index in [2.05, 4.69) is 246 Å². The van der Waals surface area contributed by atoms with Crippen molar-refractivity contribution in [2.75, 3.05) is 0 Å². The van der Waals surface area contributed by atoms with Crippen molar-refractivity contribution >= 4 is 43.6 Å². The predicted octanol–water partition coefficient (Wildman–Crippen LogP) is 22.4. The highest BCUT2D eigenvalue weighted by atomic mass is 15.0. The summed E-state index contributed by atoms with van der Waals surface area (Å²) in [5, 5.41) is 34.4. The number of hydrogen-bond donors (Lipinski definition) is 0. The fourth-order valence-corrected chi connectivity index (χ4v) is 13.8. The first kappa shape index (κ1) is 58.0. The summed E-state index contributed by atoms with van der Waals surface area (Å²) in [5.74, 6) is 1.34. The first-order valence-electron chi connectivity index (χ1n) is 32.5. The van der Waals surface area contributed by atoms with E-state index in [4.69, 9.17) is 15.0 Å². The third kappa shape index (κ3) is 10.6. The minimum Gasteiger partial charge on any atom is -0.309 e. The van der Waals surface area contributed by atoms with Gasteiger partial charge in [0.15, 0.2) is 17.5 Å². The van der Waals surface area contributed by atoms with Crippen LogP contribution in [0.25, 0.3) is 167 Å². The number of nitrogens with zero attached hydrogens (tertiary/aromatic N) is 8. The lowest BCUT2D eigenvalue weighted by molar-refractivity contribution is 1.07. The first-order valence-corrected chi connectivity index (χ1v) is 32.5. The van der Waals surface area contributed by atoms with E-state index in [1.165, 1.54) is 0 Å². The number of rotatable bonds is 12. The number of hydrogen-bond acceptors (Lipinski definition) is 6. The Balaban J connectivity index is 0.884. The van der Waals surface area contributed by atoms with E-state index in [9.17, 15) is 15.8 Å². The second kappa shape index (κ2) is 24.6. The zero-order valence-corrected chi connectivity index (χ0v) is 52.8. The molecule has 3 heterocycles. The second-order valence-corrected chi connectivity index (χ2v) is 24.5. The third-order valence-electron chi connectivity index (χ3n) is 18.7. The van der Waals surface area contributed by atoms with Crippen LogP contribution >= 0.6 is 0 Å². The average Bonchev–Trinajstić information content (AvgIpc) is 1.57. The number of aromatic nitrogens is 5. The van der Waals surface area contributed by atoms with Crippen LogP contribution in [0, 0.1) is 34.0 Å². The van der Waals surface area contributed by atoms with Crippen molar-refractivity contribution in [1.29, 1.82) is 15.8 Å². The molecular formula is C90H54N8. The molecule has 0 N–H and O–H groups in total. The maximum Gasteiger partial charge on any atom is 0.164 e. The van der Waals surface area contributed by atoms with Gasteiger partial charge in [0, 0.05) is 49.6 Å². The molecule has 0 saturated heterocycles. The molecule has 98 heavy (non-hydrogen) atoms. The van der Waals surface area contributed by atoms with Crippen LogP contribution in [0.5, 0.6) is 0 Å². The van der Waals surface area contributed by atoms with Gasteiger partial charge in [-0.15, -0.1) is 0 Å². The number of benzene rings is 14. The van der Waals surface area contributed by atoms with Gasteiger partial charge in [0.2, 0.25) is 0 Å². The van der Waals surface area contributed by atoms with Gasteiger partial charge >= 0.3 is 0 Å². The summed E-state index contributed by atoms with van der Waals surface area (Å²) in [6.07, 6.45) is 0. The fraction of sp³-hybridized carbons (Fsp3) is 0. The Morgan fingerprint density at radius 2 is 0.459 bits per heavy atom. The molecule has 8 nitrogen and oxygen atoms in total. The van der Waals surface area contributed by atoms with E-state index in [0.29, 0.717) is 34.2 Å². The summed E-state index contributed by atoms with van der Waals surface area (Å²) < 4.78 is 4.69. The Kier molecular flexibility index (Phi) is 14.5. The van der Waals surface area contributed by atoms with Gasteiger partial charge in [-0.25, -0.2) is 15.0 Å². The molecule has 0 aliphatic rings. The molecule has 0 aliphatic carbocycles. The highest BCUT2D eigenvalue weighted by Gasteiger charge is 2.24. The summed E-state index contributed by atoms with van der Waals surface area (Å²) in [7, 11) is 0. The normalized spacial score (nSPS) is 11.2. The minimum atomic E-state index is 0.440. The highest BCUT2D eigenvalue weighted by Crippen LogP contribution is 2.44. The Hall–Kier alpha value is -13.8. The van der Waals surface area contributed by atoms with Gasteiger partial charge in [0.25, 0.3) is 0 Å². The van der Waals surface area contributed by atoms with Gasteiger partial charge in [-0.2, -0.15) is 15.8 Å². The molecule has 0 bridgehead atoms. The molecule has 0 atom stereocenters. The van der Waals surface area contributed by atoms with Crippen LogP contribution in [-0.2, 0) is 0 Å². The number of fused-ring (bicyclic) bond motifs is 6. The summed E-state index contributed by atoms with van der Waals surface area (Å²) >= 11 is 0. The molecule has 0 amide bonds. The van der Waals surface area contributed by atoms with Crippen molar-refractivity contribution in [3.8, 4) is 142 Å². The minimum absolute atomic E-state index is 0.440. The fourth-order valence-electron chi connectivity index (χ4n) is 13.8. The zero-order valence-electron chi connectivity index (χ0n) is 52.8. The maximum atomic E-state index is 10.2. The molecule has 0 unspecified atom stereocenters. The van der Waals surface area contributed by atoms with E-state index >= 15 is 0 Å². The lowest BCUT2D eigenvalue weighted by atomic mass is 9.96. The summed E-state index contributed by atoms with van der Waals surface area (Å²) in [6.45, 7) is 0. The van der Waals surface area contributed by atoms with E-state index in [-0.39, 0.29) is 0 Å². The molecule has 17 aromatic rings. The summed E-state index contributed by atoms with van der Waals surface area (Å²) in [4.78, 5) is 16.5. The molecule has 8 heteroatoms. The first-order chi connectivity index (χ1) is 48.4. The van der Waals surface area contributed by atoms with E-state index in [1.807, 2.05) is 109 Å². The molecule has 0 radical (unpaired) electrons. The highest BCUT2D eigenvalue weighted by molar-refractivity contribution is 6.13. The molecule has 17 rings (SSSR count). The SMILES string of the molecule is N#Cc1ccc(-c2ccc(-c3nc(-c4ccc(-n5c6ccc(-c7ccccc7)cc6c6cc(-c7ccccc7)ccc65)cc4-c4ccc(C#N)cc4)nc(-c4ccc(-n5c6ccc(-c7ccccc7)cc6c6cc(-c7ccccc7)ccc65)cc4-c4ccc(C#N)cc4)n3)cc2)cc1. The molecule has 0 saturated carbocycles. The molecular weight excluding hydrogens is 1190 g/mol. The molecule has 0 fully saturated rings. The van der Waals surface area contributed by atoms with Gasteiger partial charge in [-0.05, 0) is 199 Å². The molecule has 0 spiro atoms. The van der Waals surface area contributed by atoms with Gasteiger partial charge < -0.3 is 9.13 Å². The van der Waals surface area contributed by atoms with Gasteiger partial charge in [-0.3, -0.25) is 0 Å². The number of nitriles is 3. The lowest BCUT2D eigenvalue weighted by Gasteiger charge is -2.17. The van der Waals surface area contributed by atoms with Crippen LogP contribution < -0.4 is 0 Å². The van der Waals surface area contributed by atoms with Crippen LogP contribution in [-0.4, -0.2) is 24.1 Å². The second-order valence-electron chi connectivity index (χ2n) is 24.5. The van der Waals surface area contributed by atoms with Crippen LogP contribution in [0.1, 0.15) is 16.7 Å². The maximum absolute atomic E-state index is 10.2. The topological polar surface area (TPSA) is 120 Å². The standard InChI is InChI=1S/C90H54N8/c91-55-58-21-27-65(28-22-58)66-33-35-69(36-34-66)88-94-89(76-43-41-74(53-78(76)67-29-23-59(56-92)24-30-67)97-84-45-37-70(61-13-5-1-6-14-61)49-80(84)81-50-71(38-46-85(81)97)62-15-7-2-8-16-62)96-90(95-88)77-44-42-75(54-79(77)68-31-25-60(57-93)26-32-68)98-86-47-39-72(63-17-9-3-10-18-63)51-82(86)83-52-73(40-48-87(83)98)64-19-11-4-12-20-64/h1-54H. The molecule has 14 aromatic carbocycles. The van der Waals surface area contributed by atoms with Crippen LogP contribution in [0.15, 0.2) is 328 Å². The van der Waals surface area contributed by atoms with Crippen molar-refractivity contribution in [3.63, 3.8) is 0 Å². The van der Waals surface area contributed by atoms with E-state index in [0.717, 1.165) is 150 Å². The smallest absolute Gasteiger partial charge is 0.164 e. The van der Waals surface area contributed by atoms with Crippen LogP contribution in [0.2, 0.25) is 0 Å². The molecule has 0 aliphatic heterocycles. The quantitative estimate of drug-likeness (QED) is 0.120. The average molecular weight is 1250 g/mol. The Labute approximate surface area is 566 Å². The monoisotopic (exact) mass is 1250 g/mol. The van der Waals surface area contributed by atoms with Crippen molar-refractivity contribution in [3.05, 3.63) is 344 Å². The summed E-state index contributed by atoms with van der Waals surface area (Å²) in [6, 6.07) is 120.